The molecule has 2 aromatic heterocycles. The van der Waals surface area contributed by atoms with E-state index in [1.807, 2.05) is 23.6 Å². The smallest absolute Gasteiger partial charge is 0.312 e. The Labute approximate surface area is 188 Å². The molecule has 0 radical (unpaired) electrons. The zero-order valence-electron chi connectivity index (χ0n) is 18.0. The Balaban J connectivity index is 1.74. The quantitative estimate of drug-likeness (QED) is 0.414. The van der Waals surface area contributed by atoms with Gasteiger partial charge in [0.05, 0.1) is 0 Å². The molecule has 0 unspecified atom stereocenters. The summed E-state index contributed by atoms with van der Waals surface area (Å²) in [5.74, 6) is 0.780. The molecule has 0 N–H and O–H groups in total. The Morgan fingerprint density at radius 2 is 1.42 bits per heavy atom. The Morgan fingerprint density at radius 1 is 0.839 bits per heavy atom. The summed E-state index contributed by atoms with van der Waals surface area (Å²) in [7, 11) is 3.16. The fourth-order valence-electron chi connectivity index (χ4n) is 3.31. The zero-order chi connectivity index (χ0) is 22.1. The lowest BCUT2D eigenvalue weighted by molar-refractivity contribution is 0.688. The van der Waals surface area contributed by atoms with E-state index in [1.165, 1.54) is 39.4 Å². The van der Waals surface area contributed by atoms with Crippen molar-refractivity contribution in [1.82, 2.24) is 18.7 Å². The van der Waals surface area contributed by atoms with E-state index in [0.717, 1.165) is 15.2 Å². The molecule has 160 valence electrons. The fraction of sp³-hybridized carbons (Fsp3) is 0.261. The molecule has 2 heterocycles. The average molecular weight is 453 g/mol. The fourth-order valence-corrected chi connectivity index (χ4v) is 5.06. The molecule has 0 saturated heterocycles. The van der Waals surface area contributed by atoms with Crippen LogP contribution in [-0.2, 0) is 20.6 Å². The van der Waals surface area contributed by atoms with Crippen LogP contribution in [-0.4, -0.2) is 24.4 Å². The Kier molecular flexibility index (Phi) is 6.11. The van der Waals surface area contributed by atoms with Gasteiger partial charge in [0, 0.05) is 36.2 Å². The largest absolute Gasteiger partial charge is 0.332 e. The van der Waals surface area contributed by atoms with Crippen molar-refractivity contribution in [3.63, 3.8) is 0 Å². The Hall–Kier alpha value is -2.71. The number of thioether (sulfide) groups is 1. The van der Waals surface area contributed by atoms with Crippen molar-refractivity contribution in [2.24, 2.45) is 14.1 Å². The van der Waals surface area contributed by atoms with Crippen molar-refractivity contribution in [2.45, 2.75) is 35.3 Å². The van der Waals surface area contributed by atoms with E-state index in [9.17, 15) is 9.59 Å². The minimum Gasteiger partial charge on any atom is -0.312 e. The molecule has 4 rings (SSSR count). The van der Waals surface area contributed by atoms with Gasteiger partial charge in [0.2, 0.25) is 0 Å². The molecule has 0 atom stereocenters. The second-order valence-electron chi connectivity index (χ2n) is 7.50. The predicted octanol–water partition coefficient (Wildman–Crippen LogP) is 3.99. The molecule has 2 aromatic carbocycles. The maximum Gasteiger partial charge on any atom is 0.332 e. The first-order valence-electron chi connectivity index (χ1n) is 9.95. The van der Waals surface area contributed by atoms with Crippen LogP contribution < -0.4 is 11.2 Å². The van der Waals surface area contributed by atoms with Gasteiger partial charge in [-0.3, -0.25) is 13.9 Å². The number of rotatable bonds is 6. The molecule has 0 aliphatic heterocycles. The number of fused-ring (bicyclic) bond motifs is 1. The highest BCUT2D eigenvalue weighted by Gasteiger charge is 2.19. The molecule has 0 saturated carbocycles. The molecule has 0 amide bonds. The molecule has 0 spiro atoms. The van der Waals surface area contributed by atoms with E-state index >= 15 is 0 Å². The zero-order valence-corrected chi connectivity index (χ0v) is 19.6. The number of imidazole rings is 1. The van der Waals surface area contributed by atoms with Crippen molar-refractivity contribution in [1.29, 1.82) is 0 Å². The van der Waals surface area contributed by atoms with Crippen molar-refractivity contribution in [2.75, 3.05) is 5.75 Å². The molecule has 4 aromatic rings. The number of aryl methyl sites for hydroxylation is 4. The molecule has 8 heteroatoms. The monoisotopic (exact) mass is 452 g/mol. The molecule has 6 nitrogen and oxygen atoms in total. The molecule has 0 aliphatic rings. The van der Waals surface area contributed by atoms with Gasteiger partial charge in [-0.15, -0.1) is 11.8 Å². The van der Waals surface area contributed by atoms with E-state index < -0.39 is 0 Å². The number of nitrogens with zero attached hydrogens (tertiary/aromatic N) is 4. The summed E-state index contributed by atoms with van der Waals surface area (Å²) in [6, 6.07) is 16.6. The lowest BCUT2D eigenvalue weighted by Gasteiger charge is -2.10. The number of hydrogen-bond acceptors (Lipinski definition) is 5. The number of aromatic nitrogens is 4. The van der Waals surface area contributed by atoms with Crippen molar-refractivity contribution < 1.29 is 0 Å². The maximum absolute atomic E-state index is 13.0. The molecular weight excluding hydrogens is 428 g/mol. The van der Waals surface area contributed by atoms with E-state index in [-0.39, 0.29) is 11.2 Å². The predicted molar refractivity (Wildman–Crippen MR) is 127 cm³/mol. The Morgan fingerprint density at radius 3 is 2.03 bits per heavy atom. The molecular formula is C23H24N4O2S2. The van der Waals surface area contributed by atoms with Gasteiger partial charge in [-0.05, 0) is 38.1 Å². The summed E-state index contributed by atoms with van der Waals surface area (Å²) < 4.78 is 4.54. The van der Waals surface area contributed by atoms with E-state index in [1.54, 1.807) is 18.8 Å². The summed E-state index contributed by atoms with van der Waals surface area (Å²) in [6.45, 7) is 4.73. The first-order chi connectivity index (χ1) is 14.8. The van der Waals surface area contributed by atoms with Gasteiger partial charge in [-0.1, -0.05) is 47.2 Å². The lowest BCUT2D eigenvalue weighted by atomic mass is 10.2. The van der Waals surface area contributed by atoms with Gasteiger partial charge in [0.25, 0.3) is 5.56 Å². The van der Waals surface area contributed by atoms with E-state index in [4.69, 9.17) is 4.98 Å². The second kappa shape index (κ2) is 8.80. The lowest BCUT2D eigenvalue weighted by Crippen LogP contribution is -2.37. The molecule has 0 fully saturated rings. The molecule has 0 aliphatic carbocycles. The van der Waals surface area contributed by atoms with Gasteiger partial charge < -0.3 is 4.57 Å². The highest BCUT2D eigenvalue weighted by atomic mass is 32.2. The van der Waals surface area contributed by atoms with Crippen molar-refractivity contribution in [3.8, 4) is 0 Å². The average Bonchev–Trinajstić information content (AvgIpc) is 3.12. The Bertz CT molecular complexity index is 1350. The van der Waals surface area contributed by atoms with Crippen LogP contribution in [0.1, 0.15) is 11.1 Å². The van der Waals surface area contributed by atoms with Gasteiger partial charge in [-0.2, -0.15) is 0 Å². The van der Waals surface area contributed by atoms with Crippen LogP contribution in [0, 0.1) is 13.8 Å². The summed E-state index contributed by atoms with van der Waals surface area (Å²) in [5.41, 5.74) is 2.60. The van der Waals surface area contributed by atoms with Crippen LogP contribution in [0.5, 0.6) is 0 Å². The van der Waals surface area contributed by atoms with Gasteiger partial charge in [-0.25, -0.2) is 9.78 Å². The minimum atomic E-state index is -0.372. The van der Waals surface area contributed by atoms with Crippen LogP contribution in [0.3, 0.4) is 0 Å². The molecule has 31 heavy (non-hydrogen) atoms. The SMILES string of the molecule is Cc1ccc(SCCn2c(Sc3ccc(C)cc3)nc3c2c(=O)n(C)c(=O)n3C)cc1. The minimum absolute atomic E-state index is 0.318. The maximum atomic E-state index is 13.0. The summed E-state index contributed by atoms with van der Waals surface area (Å²) in [5, 5.41) is 0.710. The van der Waals surface area contributed by atoms with Crippen molar-refractivity contribution in [3.05, 3.63) is 80.5 Å². The van der Waals surface area contributed by atoms with Crippen LogP contribution in [0.4, 0.5) is 0 Å². The van der Waals surface area contributed by atoms with E-state index in [0.29, 0.717) is 22.9 Å². The summed E-state index contributed by atoms with van der Waals surface area (Å²) >= 11 is 3.24. The normalized spacial score (nSPS) is 11.4. The van der Waals surface area contributed by atoms with Crippen LogP contribution in [0.25, 0.3) is 11.2 Å². The van der Waals surface area contributed by atoms with Gasteiger partial charge in [0.1, 0.15) is 0 Å². The topological polar surface area (TPSA) is 61.8 Å². The van der Waals surface area contributed by atoms with Crippen LogP contribution in [0.2, 0.25) is 0 Å². The highest BCUT2D eigenvalue weighted by Crippen LogP contribution is 2.30. The third-order valence-electron chi connectivity index (χ3n) is 5.15. The van der Waals surface area contributed by atoms with Gasteiger partial charge in [0.15, 0.2) is 16.3 Å². The van der Waals surface area contributed by atoms with E-state index in [2.05, 4.69) is 43.3 Å². The highest BCUT2D eigenvalue weighted by molar-refractivity contribution is 7.99. The van der Waals surface area contributed by atoms with Crippen LogP contribution >= 0.6 is 23.5 Å². The number of benzene rings is 2. The van der Waals surface area contributed by atoms with Crippen LogP contribution in [0.15, 0.2) is 73.1 Å². The summed E-state index contributed by atoms with van der Waals surface area (Å²) in [6.07, 6.45) is 0. The first-order valence-corrected chi connectivity index (χ1v) is 11.8. The number of hydrogen-bond donors (Lipinski definition) is 0. The van der Waals surface area contributed by atoms with Gasteiger partial charge >= 0.3 is 5.69 Å². The second-order valence-corrected chi connectivity index (χ2v) is 9.71. The van der Waals surface area contributed by atoms with Crippen molar-refractivity contribution >= 4 is 34.7 Å². The molecule has 0 bridgehead atoms. The summed E-state index contributed by atoms with van der Waals surface area (Å²) in [4.78, 5) is 32.3. The first kappa shape index (κ1) is 21.5. The third-order valence-corrected chi connectivity index (χ3v) is 7.14. The third kappa shape index (κ3) is 4.36. The standard InChI is InChI=1S/C23H24N4O2S2/c1-15-5-9-17(10-6-15)30-14-13-27-19-20(25(3)23(29)26(4)21(19)28)24-22(27)31-18-11-7-16(2)8-12-18/h5-12H,13-14H2,1-4H3.